The summed E-state index contributed by atoms with van der Waals surface area (Å²) in [6.45, 7) is -0.670. The van der Waals surface area contributed by atoms with E-state index >= 15 is 0 Å². The third-order valence-corrected chi connectivity index (χ3v) is 6.28. The van der Waals surface area contributed by atoms with Crippen LogP contribution in [0.15, 0.2) is 8.95 Å². The van der Waals surface area contributed by atoms with Gasteiger partial charge in [-0.15, -0.1) is 0 Å². The summed E-state index contributed by atoms with van der Waals surface area (Å²) in [5, 5.41) is 20.3. The number of benzene rings is 2. The van der Waals surface area contributed by atoms with E-state index in [2.05, 4.69) is 31.9 Å². The van der Waals surface area contributed by atoms with Gasteiger partial charge in [0.15, 0.2) is 23.0 Å². The highest BCUT2D eigenvalue weighted by Crippen LogP contribution is 2.60. The number of ether oxygens (including phenoxy) is 6. The molecule has 28 heavy (non-hydrogen) atoms. The molecule has 0 atom stereocenters. The van der Waals surface area contributed by atoms with Gasteiger partial charge in [0.05, 0.1) is 36.4 Å². The van der Waals surface area contributed by atoms with Crippen molar-refractivity contribution in [2.24, 2.45) is 0 Å². The molecule has 0 spiro atoms. The maximum Gasteiger partial charge on any atom is 0.231 e. The molecule has 0 bridgehead atoms. The molecule has 10 heteroatoms. The molecular weight excluding hydrogens is 504 g/mol. The van der Waals surface area contributed by atoms with E-state index in [4.69, 9.17) is 28.4 Å². The van der Waals surface area contributed by atoms with Crippen molar-refractivity contribution in [3.05, 3.63) is 20.1 Å². The normalized spacial score (nSPS) is 13.8. The quantitative estimate of drug-likeness (QED) is 0.621. The second-order valence-electron chi connectivity index (χ2n) is 5.85. The molecule has 2 heterocycles. The first-order valence-electron chi connectivity index (χ1n) is 8.16. The van der Waals surface area contributed by atoms with E-state index in [1.807, 2.05) is 0 Å². The zero-order chi connectivity index (χ0) is 20.0. The standard InChI is InChI=1S/C18H16Br2O8/c1-23-15-11(19)7(3-21)9(13-17(15)27-5-25-13)10-8(4-22)12(20)16(24-2)18-14(10)26-6-28-18/h21-22H,3-6H2,1-2H3. The average Bonchev–Trinajstić information content (AvgIpc) is 3.36. The summed E-state index contributed by atoms with van der Waals surface area (Å²) in [4.78, 5) is 0. The maximum absolute atomic E-state index is 10.1. The molecular formula is C18H16Br2O8. The summed E-state index contributed by atoms with van der Waals surface area (Å²) in [6.07, 6.45) is 0. The molecule has 0 unspecified atom stereocenters. The Morgan fingerprint density at radius 3 is 1.39 bits per heavy atom. The monoisotopic (exact) mass is 518 g/mol. The fourth-order valence-electron chi connectivity index (χ4n) is 3.42. The van der Waals surface area contributed by atoms with Gasteiger partial charge in [0, 0.05) is 22.3 Å². The van der Waals surface area contributed by atoms with Gasteiger partial charge in [-0.25, -0.2) is 0 Å². The Balaban J connectivity index is 2.15. The van der Waals surface area contributed by atoms with Crippen molar-refractivity contribution in [2.75, 3.05) is 27.8 Å². The lowest BCUT2D eigenvalue weighted by Gasteiger charge is -2.21. The molecule has 2 aliphatic heterocycles. The van der Waals surface area contributed by atoms with Crippen LogP contribution >= 0.6 is 31.9 Å². The Kier molecular flexibility index (Phi) is 5.21. The van der Waals surface area contributed by atoms with Crippen LogP contribution in [0.3, 0.4) is 0 Å². The smallest absolute Gasteiger partial charge is 0.231 e. The molecule has 8 nitrogen and oxygen atoms in total. The Hall–Kier alpha value is -1.88. The third kappa shape index (κ3) is 2.62. The fourth-order valence-corrected chi connectivity index (χ4v) is 4.75. The molecule has 2 aliphatic rings. The van der Waals surface area contributed by atoms with Crippen molar-refractivity contribution in [3.63, 3.8) is 0 Å². The Morgan fingerprint density at radius 1 is 0.714 bits per heavy atom. The predicted octanol–water partition coefficient (Wildman–Crippen LogP) is 3.34. The van der Waals surface area contributed by atoms with Crippen LogP contribution in [-0.4, -0.2) is 38.0 Å². The van der Waals surface area contributed by atoms with Crippen molar-refractivity contribution >= 4 is 31.9 Å². The van der Waals surface area contributed by atoms with Gasteiger partial charge in [-0.05, 0) is 31.9 Å². The number of hydrogen-bond donors (Lipinski definition) is 2. The van der Waals surface area contributed by atoms with Crippen molar-refractivity contribution in [1.82, 2.24) is 0 Å². The van der Waals surface area contributed by atoms with Crippen LogP contribution in [0.25, 0.3) is 11.1 Å². The first-order valence-corrected chi connectivity index (χ1v) is 9.75. The second-order valence-corrected chi connectivity index (χ2v) is 7.43. The predicted molar refractivity (Wildman–Crippen MR) is 104 cm³/mol. The number of rotatable bonds is 5. The molecule has 4 rings (SSSR count). The zero-order valence-electron chi connectivity index (χ0n) is 14.9. The van der Waals surface area contributed by atoms with E-state index in [0.29, 0.717) is 65.7 Å². The Labute approximate surface area is 177 Å². The van der Waals surface area contributed by atoms with Gasteiger partial charge in [-0.1, -0.05) is 0 Å². The number of aliphatic hydroxyl groups excluding tert-OH is 2. The average molecular weight is 520 g/mol. The number of methoxy groups -OCH3 is 2. The first kappa shape index (κ1) is 19.4. The number of fused-ring (bicyclic) bond motifs is 2. The van der Waals surface area contributed by atoms with E-state index in [0.717, 1.165) is 0 Å². The Bertz CT molecular complexity index is 875. The lowest BCUT2D eigenvalue weighted by molar-refractivity contribution is 0.170. The van der Waals surface area contributed by atoms with Gasteiger partial charge in [0.25, 0.3) is 0 Å². The summed E-state index contributed by atoms with van der Waals surface area (Å²) in [5.41, 5.74) is 2.00. The van der Waals surface area contributed by atoms with E-state index in [-0.39, 0.29) is 26.8 Å². The van der Waals surface area contributed by atoms with Crippen molar-refractivity contribution in [2.45, 2.75) is 13.2 Å². The Morgan fingerprint density at radius 2 is 1.07 bits per heavy atom. The van der Waals surface area contributed by atoms with Crippen molar-refractivity contribution in [1.29, 1.82) is 0 Å². The van der Waals surface area contributed by atoms with E-state index in [1.54, 1.807) is 0 Å². The first-order chi connectivity index (χ1) is 13.6. The molecule has 2 aromatic rings. The topological polar surface area (TPSA) is 95.8 Å². The van der Waals surface area contributed by atoms with Crippen LogP contribution in [0, 0.1) is 0 Å². The molecule has 150 valence electrons. The van der Waals surface area contributed by atoms with E-state index in [9.17, 15) is 10.2 Å². The van der Waals surface area contributed by atoms with Gasteiger partial charge in [-0.3, -0.25) is 0 Å². The van der Waals surface area contributed by atoms with Crippen LogP contribution in [0.4, 0.5) is 0 Å². The highest BCUT2D eigenvalue weighted by Gasteiger charge is 2.37. The molecule has 0 amide bonds. The summed E-state index contributed by atoms with van der Waals surface area (Å²) in [5.74, 6) is 2.37. The number of aliphatic hydroxyl groups is 2. The highest BCUT2D eigenvalue weighted by atomic mass is 79.9. The molecule has 2 aromatic carbocycles. The van der Waals surface area contributed by atoms with Crippen LogP contribution in [0.2, 0.25) is 0 Å². The molecule has 0 aliphatic carbocycles. The molecule has 0 aromatic heterocycles. The SMILES string of the molecule is COc1c(Br)c(CO)c(-c2c(CO)c(Br)c(OC)c3c2OCO3)c2c1OCO2. The summed E-state index contributed by atoms with van der Waals surface area (Å²) < 4.78 is 34.5. The zero-order valence-corrected chi connectivity index (χ0v) is 18.1. The van der Waals surface area contributed by atoms with Gasteiger partial charge < -0.3 is 38.6 Å². The minimum Gasteiger partial charge on any atom is -0.492 e. The van der Waals surface area contributed by atoms with Gasteiger partial charge in [-0.2, -0.15) is 0 Å². The lowest BCUT2D eigenvalue weighted by atomic mass is 9.92. The number of halogens is 2. The minimum atomic E-state index is -0.326. The highest BCUT2D eigenvalue weighted by molar-refractivity contribution is 9.11. The molecule has 0 fully saturated rings. The molecule has 0 saturated carbocycles. The van der Waals surface area contributed by atoms with Crippen molar-refractivity contribution < 1.29 is 38.6 Å². The van der Waals surface area contributed by atoms with Crippen LogP contribution in [0.1, 0.15) is 11.1 Å². The lowest BCUT2D eigenvalue weighted by Crippen LogP contribution is -2.03. The largest absolute Gasteiger partial charge is 0.492 e. The molecule has 0 saturated heterocycles. The van der Waals surface area contributed by atoms with Crippen molar-refractivity contribution in [3.8, 4) is 45.6 Å². The van der Waals surface area contributed by atoms with E-state index < -0.39 is 0 Å². The van der Waals surface area contributed by atoms with E-state index in [1.165, 1.54) is 14.2 Å². The van der Waals surface area contributed by atoms with Gasteiger partial charge in [0.1, 0.15) is 0 Å². The van der Waals surface area contributed by atoms with Gasteiger partial charge in [0.2, 0.25) is 25.1 Å². The number of hydrogen-bond acceptors (Lipinski definition) is 8. The third-order valence-electron chi connectivity index (χ3n) is 4.60. The summed E-state index contributed by atoms with van der Waals surface area (Å²) in [6, 6.07) is 0. The van der Waals surface area contributed by atoms with Crippen LogP contribution in [-0.2, 0) is 13.2 Å². The summed E-state index contributed by atoms with van der Waals surface area (Å²) in [7, 11) is 3.00. The van der Waals surface area contributed by atoms with Crippen LogP contribution < -0.4 is 28.4 Å². The van der Waals surface area contributed by atoms with Gasteiger partial charge >= 0.3 is 0 Å². The fraction of sp³-hybridized carbons (Fsp3) is 0.333. The maximum atomic E-state index is 10.1. The van der Waals surface area contributed by atoms with Crippen LogP contribution in [0.5, 0.6) is 34.5 Å². The summed E-state index contributed by atoms with van der Waals surface area (Å²) >= 11 is 6.97. The second kappa shape index (κ2) is 7.51. The minimum absolute atomic E-state index is 0.00859. The molecule has 0 radical (unpaired) electrons. The molecule has 2 N–H and O–H groups in total.